The highest BCUT2D eigenvalue weighted by molar-refractivity contribution is 6.30. The molecule has 0 fully saturated rings. The lowest BCUT2D eigenvalue weighted by atomic mass is 10.2. The summed E-state index contributed by atoms with van der Waals surface area (Å²) in [4.78, 5) is 20.4. The van der Waals surface area contributed by atoms with Gasteiger partial charge in [-0.1, -0.05) is 16.8 Å². The molecule has 0 unspecified atom stereocenters. The summed E-state index contributed by atoms with van der Waals surface area (Å²) in [6.07, 6.45) is 2.61. The number of hydrogen-bond donors (Lipinski definition) is 1. The van der Waals surface area contributed by atoms with E-state index < -0.39 is 6.10 Å². The Balaban J connectivity index is 1.56. The van der Waals surface area contributed by atoms with Gasteiger partial charge in [-0.05, 0) is 49.7 Å². The first kappa shape index (κ1) is 17.9. The van der Waals surface area contributed by atoms with Crippen LogP contribution >= 0.6 is 11.6 Å². The Kier molecular flexibility index (Phi) is 5.48. The molecule has 26 heavy (non-hydrogen) atoms. The maximum Gasteiger partial charge on any atom is 0.261 e. The van der Waals surface area contributed by atoms with Crippen LogP contribution in [0.3, 0.4) is 0 Å². The van der Waals surface area contributed by atoms with Crippen LogP contribution in [0.4, 0.5) is 0 Å². The second-order valence-electron chi connectivity index (χ2n) is 5.64. The van der Waals surface area contributed by atoms with Crippen LogP contribution in [-0.4, -0.2) is 27.1 Å². The van der Waals surface area contributed by atoms with Crippen LogP contribution in [0.5, 0.6) is 5.75 Å². The predicted molar refractivity (Wildman–Crippen MR) is 95.7 cm³/mol. The molecule has 0 bridgehead atoms. The van der Waals surface area contributed by atoms with Crippen molar-refractivity contribution in [3.05, 3.63) is 59.2 Å². The molecule has 3 rings (SSSR count). The van der Waals surface area contributed by atoms with Gasteiger partial charge in [0, 0.05) is 23.0 Å². The molecule has 2 heterocycles. The number of benzene rings is 1. The highest BCUT2D eigenvalue weighted by Crippen LogP contribution is 2.22. The van der Waals surface area contributed by atoms with Crippen molar-refractivity contribution in [3.63, 3.8) is 0 Å². The topological polar surface area (TPSA) is 90.1 Å². The number of carbonyl (C=O) groups is 1. The molecular weight excluding hydrogens is 356 g/mol. The SMILES string of the molecule is Cc1cc(Cl)ccc1O[C@@H](C)C(=O)NCc1nc(-c2cccnc2)no1. The fourth-order valence-corrected chi connectivity index (χ4v) is 2.46. The standard InChI is InChI=1S/C18H17ClN4O3/c1-11-8-14(19)5-6-15(11)25-12(2)18(24)21-10-16-22-17(23-26-16)13-4-3-7-20-9-13/h3-9,12H,10H2,1-2H3,(H,21,24)/t12-/m0/s1. The quantitative estimate of drug-likeness (QED) is 0.714. The molecule has 0 aliphatic heterocycles. The fraction of sp³-hybridized carbons (Fsp3) is 0.222. The van der Waals surface area contributed by atoms with E-state index in [4.69, 9.17) is 20.9 Å². The minimum Gasteiger partial charge on any atom is -0.481 e. The Morgan fingerprint density at radius 3 is 2.96 bits per heavy atom. The molecular formula is C18H17ClN4O3. The molecule has 0 aliphatic rings. The van der Waals surface area contributed by atoms with Crippen molar-refractivity contribution in [2.45, 2.75) is 26.5 Å². The third-order valence-corrected chi connectivity index (χ3v) is 3.85. The normalized spacial score (nSPS) is 11.8. The van der Waals surface area contributed by atoms with E-state index in [1.807, 2.05) is 13.0 Å². The minimum atomic E-state index is -0.685. The van der Waals surface area contributed by atoms with Crippen LogP contribution in [-0.2, 0) is 11.3 Å². The number of pyridine rings is 1. The predicted octanol–water partition coefficient (Wildman–Crippen LogP) is 3.18. The monoisotopic (exact) mass is 372 g/mol. The van der Waals surface area contributed by atoms with Crippen molar-refractivity contribution in [1.29, 1.82) is 0 Å². The van der Waals surface area contributed by atoms with Crippen LogP contribution in [0.15, 0.2) is 47.2 Å². The van der Waals surface area contributed by atoms with Crippen LogP contribution in [0, 0.1) is 6.92 Å². The van der Waals surface area contributed by atoms with Gasteiger partial charge < -0.3 is 14.6 Å². The maximum absolute atomic E-state index is 12.2. The van der Waals surface area contributed by atoms with Gasteiger partial charge in [-0.3, -0.25) is 9.78 Å². The van der Waals surface area contributed by atoms with Gasteiger partial charge in [0.25, 0.3) is 5.91 Å². The first-order valence-electron chi connectivity index (χ1n) is 7.96. The number of carbonyl (C=O) groups excluding carboxylic acids is 1. The molecule has 134 valence electrons. The van der Waals surface area contributed by atoms with Gasteiger partial charge in [-0.15, -0.1) is 0 Å². The van der Waals surface area contributed by atoms with Crippen molar-refractivity contribution in [3.8, 4) is 17.1 Å². The summed E-state index contributed by atoms with van der Waals surface area (Å²) in [5.74, 6) is 1.03. The van der Waals surface area contributed by atoms with E-state index >= 15 is 0 Å². The number of ether oxygens (including phenoxy) is 1. The molecule has 0 radical (unpaired) electrons. The van der Waals surface area contributed by atoms with Crippen LogP contribution < -0.4 is 10.1 Å². The second-order valence-corrected chi connectivity index (χ2v) is 6.08. The number of aryl methyl sites for hydroxylation is 1. The Morgan fingerprint density at radius 1 is 1.38 bits per heavy atom. The molecule has 7 nitrogen and oxygen atoms in total. The minimum absolute atomic E-state index is 0.111. The first-order valence-corrected chi connectivity index (χ1v) is 8.34. The molecule has 8 heteroatoms. The number of amides is 1. The lowest BCUT2D eigenvalue weighted by Gasteiger charge is -2.15. The van der Waals surface area contributed by atoms with Crippen LogP contribution in [0.2, 0.25) is 5.02 Å². The van der Waals surface area contributed by atoms with Gasteiger partial charge in [0.2, 0.25) is 11.7 Å². The summed E-state index contributed by atoms with van der Waals surface area (Å²) >= 11 is 5.92. The molecule has 0 aliphatic carbocycles. The number of nitrogens with one attached hydrogen (secondary N) is 1. The third kappa shape index (κ3) is 4.37. The van der Waals surface area contributed by atoms with Gasteiger partial charge >= 0.3 is 0 Å². The molecule has 2 aromatic heterocycles. The lowest BCUT2D eigenvalue weighted by molar-refractivity contribution is -0.127. The largest absolute Gasteiger partial charge is 0.481 e. The number of rotatable bonds is 6. The highest BCUT2D eigenvalue weighted by Gasteiger charge is 2.17. The summed E-state index contributed by atoms with van der Waals surface area (Å²) < 4.78 is 10.8. The number of hydrogen-bond acceptors (Lipinski definition) is 6. The third-order valence-electron chi connectivity index (χ3n) is 3.61. The van der Waals surface area contributed by atoms with Crippen molar-refractivity contribution in [2.75, 3.05) is 0 Å². The van der Waals surface area contributed by atoms with Gasteiger partial charge in [-0.25, -0.2) is 0 Å². The Labute approximate surface area is 155 Å². The van der Waals surface area contributed by atoms with Crippen molar-refractivity contribution < 1.29 is 14.1 Å². The smallest absolute Gasteiger partial charge is 0.261 e. The fourth-order valence-electron chi connectivity index (χ4n) is 2.23. The lowest BCUT2D eigenvalue weighted by Crippen LogP contribution is -2.36. The zero-order valence-electron chi connectivity index (χ0n) is 14.3. The molecule has 0 saturated heterocycles. The van der Waals surface area contributed by atoms with Gasteiger partial charge in [0.1, 0.15) is 5.75 Å². The maximum atomic E-state index is 12.2. The van der Waals surface area contributed by atoms with Gasteiger partial charge in [-0.2, -0.15) is 4.98 Å². The molecule has 3 aromatic rings. The Bertz CT molecular complexity index is 898. The molecule has 1 N–H and O–H groups in total. The van der Waals surface area contributed by atoms with Crippen LogP contribution in [0.1, 0.15) is 18.4 Å². The number of nitrogens with zero attached hydrogens (tertiary/aromatic N) is 3. The van der Waals surface area contributed by atoms with E-state index in [0.717, 1.165) is 11.1 Å². The van der Waals surface area contributed by atoms with Gasteiger partial charge in [0.15, 0.2) is 6.10 Å². The first-order chi connectivity index (χ1) is 12.5. The number of halogens is 1. The van der Waals surface area contributed by atoms with E-state index in [9.17, 15) is 4.79 Å². The number of aromatic nitrogens is 3. The molecule has 1 aromatic carbocycles. The Morgan fingerprint density at radius 2 is 2.23 bits per heavy atom. The van der Waals surface area contributed by atoms with Crippen LogP contribution in [0.25, 0.3) is 11.4 Å². The second kappa shape index (κ2) is 7.97. The summed E-state index contributed by atoms with van der Waals surface area (Å²) in [5, 5.41) is 7.21. The van der Waals surface area contributed by atoms with E-state index in [1.54, 1.807) is 43.6 Å². The van der Waals surface area contributed by atoms with Crippen molar-refractivity contribution in [2.24, 2.45) is 0 Å². The molecule has 1 atom stereocenters. The zero-order valence-corrected chi connectivity index (χ0v) is 15.0. The van der Waals surface area contributed by atoms with E-state index in [-0.39, 0.29) is 12.5 Å². The molecule has 0 spiro atoms. The van der Waals surface area contributed by atoms with Crippen molar-refractivity contribution >= 4 is 17.5 Å². The highest BCUT2D eigenvalue weighted by atomic mass is 35.5. The average molecular weight is 373 g/mol. The van der Waals surface area contributed by atoms with E-state index in [1.165, 1.54) is 0 Å². The van der Waals surface area contributed by atoms with Gasteiger partial charge in [0.05, 0.1) is 6.54 Å². The summed E-state index contributed by atoms with van der Waals surface area (Å²) in [7, 11) is 0. The summed E-state index contributed by atoms with van der Waals surface area (Å²) in [5.41, 5.74) is 1.60. The summed E-state index contributed by atoms with van der Waals surface area (Å²) in [6, 6.07) is 8.84. The molecule has 1 amide bonds. The summed E-state index contributed by atoms with van der Waals surface area (Å²) in [6.45, 7) is 3.64. The average Bonchev–Trinajstić information content (AvgIpc) is 3.11. The van der Waals surface area contributed by atoms with E-state index in [0.29, 0.717) is 22.5 Å². The van der Waals surface area contributed by atoms with Crippen molar-refractivity contribution in [1.82, 2.24) is 20.4 Å². The van der Waals surface area contributed by atoms with E-state index in [2.05, 4.69) is 20.4 Å². The Hall–Kier alpha value is -2.93. The zero-order chi connectivity index (χ0) is 18.5. The molecule has 0 saturated carbocycles.